The maximum absolute atomic E-state index is 14.0. The number of rotatable bonds is 8. The Bertz CT molecular complexity index is 1500. The maximum atomic E-state index is 14.0. The number of nitrogens with one attached hydrogen (secondary N) is 1. The van der Waals surface area contributed by atoms with E-state index in [2.05, 4.69) is 17.1 Å². The van der Waals surface area contributed by atoms with E-state index in [9.17, 15) is 9.59 Å². The molecule has 1 N–H and O–H groups in total. The summed E-state index contributed by atoms with van der Waals surface area (Å²) in [5, 5.41) is 4.47. The fourth-order valence-corrected chi connectivity index (χ4v) is 6.71. The molecular formula is C27H27ClN4O3S2. The lowest BCUT2D eigenvalue weighted by Gasteiger charge is -2.25. The molecule has 2 aromatic carbocycles. The number of likely N-dealkylation sites (N-methyl/N-ethyl adjacent to an activating group) is 1. The summed E-state index contributed by atoms with van der Waals surface area (Å²) in [4.78, 5) is 35.9. The summed E-state index contributed by atoms with van der Waals surface area (Å²) >= 11 is 9.00. The van der Waals surface area contributed by atoms with Gasteiger partial charge in [-0.05, 0) is 61.9 Å². The zero-order chi connectivity index (χ0) is 25.9. The van der Waals surface area contributed by atoms with Crippen LogP contribution in [0.3, 0.4) is 0 Å². The van der Waals surface area contributed by atoms with Crippen LogP contribution in [0.15, 0.2) is 58.5 Å². The lowest BCUT2D eigenvalue weighted by atomic mass is 10.1. The van der Waals surface area contributed by atoms with Gasteiger partial charge in [-0.25, -0.2) is 4.98 Å². The number of amides is 1. The van der Waals surface area contributed by atoms with Gasteiger partial charge in [-0.1, -0.05) is 42.4 Å². The first-order valence-corrected chi connectivity index (χ1v) is 14.4. The summed E-state index contributed by atoms with van der Waals surface area (Å²) in [6.07, 6.45) is 0.829. The van der Waals surface area contributed by atoms with E-state index in [0.717, 1.165) is 42.2 Å². The highest BCUT2D eigenvalue weighted by atomic mass is 35.5. The Morgan fingerprint density at radius 2 is 1.97 bits per heavy atom. The minimum atomic E-state index is -0.227. The summed E-state index contributed by atoms with van der Waals surface area (Å²) in [5.74, 6) is 0.582. The van der Waals surface area contributed by atoms with E-state index in [1.807, 2.05) is 43.3 Å². The number of para-hydroxylation sites is 1. The van der Waals surface area contributed by atoms with E-state index in [4.69, 9.17) is 21.3 Å². The summed E-state index contributed by atoms with van der Waals surface area (Å²) in [7, 11) is 0. The van der Waals surface area contributed by atoms with Crippen LogP contribution >= 0.6 is 34.7 Å². The first-order chi connectivity index (χ1) is 18.0. The van der Waals surface area contributed by atoms with Gasteiger partial charge < -0.3 is 10.1 Å². The monoisotopic (exact) mass is 554 g/mol. The second-order valence-electron chi connectivity index (χ2n) is 8.58. The molecule has 0 bridgehead atoms. The third kappa shape index (κ3) is 5.40. The lowest BCUT2D eigenvalue weighted by Crippen LogP contribution is -2.30. The Kier molecular flexibility index (Phi) is 7.85. The topological polar surface area (TPSA) is 76.5 Å². The molecule has 0 unspecified atom stereocenters. The normalized spacial score (nSPS) is 13.5. The minimum Gasteiger partial charge on any atom is -0.494 e. The van der Waals surface area contributed by atoms with E-state index >= 15 is 0 Å². The molecule has 0 radical (unpaired) electrons. The molecule has 4 aromatic rings. The van der Waals surface area contributed by atoms with Crippen LogP contribution in [0.1, 0.15) is 24.3 Å². The number of hydrogen-bond donors (Lipinski definition) is 1. The van der Waals surface area contributed by atoms with Gasteiger partial charge in [0.05, 0.1) is 34.1 Å². The van der Waals surface area contributed by atoms with Gasteiger partial charge in [0.25, 0.3) is 5.56 Å². The first-order valence-electron chi connectivity index (χ1n) is 12.2. The second kappa shape index (κ2) is 11.3. The van der Waals surface area contributed by atoms with Gasteiger partial charge in [-0.15, -0.1) is 11.3 Å². The van der Waals surface area contributed by atoms with E-state index in [1.165, 1.54) is 16.6 Å². The lowest BCUT2D eigenvalue weighted by molar-refractivity contribution is -0.113. The molecule has 0 saturated carbocycles. The van der Waals surface area contributed by atoms with Crippen LogP contribution in [-0.2, 0) is 17.8 Å². The first kappa shape index (κ1) is 25.8. The maximum Gasteiger partial charge on any atom is 0.267 e. The molecule has 0 aliphatic carbocycles. The Labute approximate surface area is 228 Å². The van der Waals surface area contributed by atoms with Gasteiger partial charge >= 0.3 is 0 Å². The summed E-state index contributed by atoms with van der Waals surface area (Å²) in [5.41, 5.74) is 2.23. The largest absolute Gasteiger partial charge is 0.494 e. The van der Waals surface area contributed by atoms with Crippen LogP contribution in [0.4, 0.5) is 5.69 Å². The highest BCUT2D eigenvalue weighted by Crippen LogP contribution is 2.34. The van der Waals surface area contributed by atoms with Crippen LogP contribution in [0.5, 0.6) is 5.75 Å². The molecule has 2 aromatic heterocycles. The number of carbonyl (C=O) groups excluding carboxylic acids is 1. The Morgan fingerprint density at radius 1 is 1.19 bits per heavy atom. The molecule has 5 rings (SSSR count). The van der Waals surface area contributed by atoms with E-state index in [0.29, 0.717) is 33.5 Å². The SMILES string of the molecule is CCOc1ccc(-n2c(SCC(=O)Nc3ccccc3Cl)nc3sc4c(c3c2=O)CCN(CC)C4)cc1. The highest BCUT2D eigenvalue weighted by Gasteiger charge is 2.25. The Morgan fingerprint density at radius 3 is 2.70 bits per heavy atom. The number of thioether (sulfide) groups is 1. The highest BCUT2D eigenvalue weighted by molar-refractivity contribution is 7.99. The molecule has 3 heterocycles. The third-order valence-electron chi connectivity index (χ3n) is 6.26. The van der Waals surface area contributed by atoms with Crippen LogP contribution in [0.2, 0.25) is 5.02 Å². The average Bonchev–Trinajstić information content (AvgIpc) is 3.27. The van der Waals surface area contributed by atoms with Crippen molar-refractivity contribution < 1.29 is 9.53 Å². The van der Waals surface area contributed by atoms with Crippen molar-refractivity contribution in [3.05, 3.63) is 74.3 Å². The Hall–Kier alpha value is -2.85. The standard InChI is InChI=1S/C27H27ClN4O3S2/c1-3-31-14-13-19-22(15-31)37-25-24(19)26(34)32(17-9-11-18(12-10-17)35-4-2)27(30-25)36-16-23(33)29-21-8-6-5-7-20(21)28/h5-12H,3-4,13-16H2,1-2H3,(H,29,33). The molecule has 1 aliphatic rings. The Balaban J connectivity index is 1.53. The van der Waals surface area contributed by atoms with Crippen LogP contribution in [0.25, 0.3) is 15.9 Å². The predicted molar refractivity (Wildman–Crippen MR) is 152 cm³/mol. The summed E-state index contributed by atoms with van der Waals surface area (Å²) in [6.45, 7) is 7.37. The van der Waals surface area contributed by atoms with Gasteiger partial charge in [0.15, 0.2) is 5.16 Å². The number of halogens is 1. The fourth-order valence-electron chi connectivity index (χ4n) is 4.41. The summed E-state index contributed by atoms with van der Waals surface area (Å²) < 4.78 is 7.20. The molecule has 1 aliphatic heterocycles. The minimum absolute atomic E-state index is 0.0783. The van der Waals surface area contributed by atoms with E-state index in [1.54, 1.807) is 28.0 Å². The van der Waals surface area contributed by atoms with Crippen molar-refractivity contribution in [1.82, 2.24) is 14.5 Å². The van der Waals surface area contributed by atoms with Crippen molar-refractivity contribution in [1.29, 1.82) is 0 Å². The van der Waals surface area contributed by atoms with Crippen molar-refractivity contribution >= 4 is 56.5 Å². The molecule has 10 heteroatoms. The average molecular weight is 555 g/mol. The van der Waals surface area contributed by atoms with Crippen molar-refractivity contribution in [2.75, 3.05) is 30.8 Å². The van der Waals surface area contributed by atoms with Crippen molar-refractivity contribution in [2.24, 2.45) is 0 Å². The number of nitrogens with zero attached hydrogens (tertiary/aromatic N) is 3. The number of hydrogen-bond acceptors (Lipinski definition) is 7. The van der Waals surface area contributed by atoms with Crippen molar-refractivity contribution in [3.63, 3.8) is 0 Å². The van der Waals surface area contributed by atoms with Gasteiger partial charge in [0.1, 0.15) is 10.6 Å². The van der Waals surface area contributed by atoms with Crippen LogP contribution in [0, 0.1) is 0 Å². The molecule has 192 valence electrons. The fraction of sp³-hybridized carbons (Fsp3) is 0.296. The van der Waals surface area contributed by atoms with E-state index < -0.39 is 0 Å². The van der Waals surface area contributed by atoms with Crippen LogP contribution in [-0.4, -0.2) is 45.8 Å². The number of carbonyl (C=O) groups is 1. The zero-order valence-electron chi connectivity index (χ0n) is 20.6. The number of benzene rings is 2. The number of thiophene rings is 1. The van der Waals surface area contributed by atoms with Gasteiger partial charge in [-0.3, -0.25) is 19.1 Å². The van der Waals surface area contributed by atoms with E-state index in [-0.39, 0.29) is 17.2 Å². The molecule has 1 amide bonds. The molecule has 37 heavy (non-hydrogen) atoms. The van der Waals surface area contributed by atoms with Crippen molar-refractivity contribution in [2.45, 2.75) is 32.0 Å². The second-order valence-corrected chi connectivity index (χ2v) is 11.0. The molecular weight excluding hydrogens is 528 g/mol. The van der Waals surface area contributed by atoms with Crippen LogP contribution < -0.4 is 15.6 Å². The van der Waals surface area contributed by atoms with Gasteiger partial charge in [-0.2, -0.15) is 0 Å². The molecule has 0 atom stereocenters. The smallest absolute Gasteiger partial charge is 0.267 e. The molecule has 0 saturated heterocycles. The molecule has 0 spiro atoms. The third-order valence-corrected chi connectivity index (χ3v) is 8.64. The predicted octanol–water partition coefficient (Wildman–Crippen LogP) is 5.61. The van der Waals surface area contributed by atoms with Gasteiger partial charge in [0, 0.05) is 18.0 Å². The number of ether oxygens (including phenoxy) is 1. The van der Waals surface area contributed by atoms with Gasteiger partial charge in [0.2, 0.25) is 5.91 Å². The molecule has 0 fully saturated rings. The quantitative estimate of drug-likeness (QED) is 0.225. The zero-order valence-corrected chi connectivity index (χ0v) is 23.0. The number of anilines is 1. The number of fused-ring (bicyclic) bond motifs is 3. The van der Waals surface area contributed by atoms with Crippen molar-refractivity contribution in [3.8, 4) is 11.4 Å². The number of aromatic nitrogens is 2. The summed E-state index contributed by atoms with van der Waals surface area (Å²) in [6, 6.07) is 14.5. The molecule has 7 nitrogen and oxygen atoms in total.